The Morgan fingerprint density at radius 1 is 1.23 bits per heavy atom. The number of hydrogen-bond acceptors (Lipinski definition) is 6. The summed E-state index contributed by atoms with van der Waals surface area (Å²) in [4.78, 5) is 2.50. The molecule has 1 aromatic rings. The van der Waals surface area contributed by atoms with Gasteiger partial charge in [0.25, 0.3) is 10.2 Å². The molecule has 3 aliphatic heterocycles. The Hall–Kier alpha value is -1.24. The molecule has 0 amide bonds. The molecule has 3 N–H and O–H groups in total. The summed E-state index contributed by atoms with van der Waals surface area (Å²) in [5.41, 5.74) is 2.49. The van der Waals surface area contributed by atoms with Gasteiger partial charge in [0.05, 0.1) is 12.9 Å². The summed E-state index contributed by atoms with van der Waals surface area (Å²) in [6, 6.07) is 6.27. The Morgan fingerprint density at radius 2 is 2.03 bits per heavy atom. The molecule has 0 bridgehead atoms. The molecule has 3 heterocycles. The van der Waals surface area contributed by atoms with Crippen LogP contribution >= 0.6 is 0 Å². The minimum absolute atomic E-state index is 0.0149. The second kappa shape index (κ2) is 8.95. The summed E-state index contributed by atoms with van der Waals surface area (Å²) in [5, 5.41) is 4.93. The SMILES string of the molecule is COc1cccc2c1[C@@H]1C[C@H]3[C@H](CCCN3S(=O)(=O)CCCNS(N)(=O)=O)CN1CC2. The fraction of sp³-hybridized carbons (Fsp3) is 0.700. The highest BCUT2D eigenvalue weighted by Crippen LogP contribution is 2.46. The maximum Gasteiger partial charge on any atom is 0.274 e. The summed E-state index contributed by atoms with van der Waals surface area (Å²) in [6.07, 6.45) is 3.82. The fourth-order valence-electron chi connectivity index (χ4n) is 5.54. The van der Waals surface area contributed by atoms with E-state index in [1.165, 1.54) is 11.1 Å². The fourth-order valence-corrected chi connectivity index (χ4v) is 7.79. The number of nitrogens with two attached hydrogens (primary N) is 1. The van der Waals surface area contributed by atoms with Crippen LogP contribution in [0.1, 0.15) is 42.9 Å². The van der Waals surface area contributed by atoms with E-state index in [4.69, 9.17) is 9.88 Å². The highest BCUT2D eigenvalue weighted by molar-refractivity contribution is 7.89. The summed E-state index contributed by atoms with van der Waals surface area (Å²) in [5.74, 6) is 1.11. The van der Waals surface area contributed by atoms with E-state index >= 15 is 0 Å². The summed E-state index contributed by atoms with van der Waals surface area (Å²) >= 11 is 0. The van der Waals surface area contributed by atoms with Gasteiger partial charge in [-0.05, 0) is 49.7 Å². The first kappa shape index (κ1) is 22.9. The molecule has 9 nitrogen and oxygen atoms in total. The van der Waals surface area contributed by atoms with Gasteiger partial charge in [0, 0.05) is 43.8 Å². The number of ether oxygens (including phenoxy) is 1. The van der Waals surface area contributed by atoms with Crippen LogP contribution < -0.4 is 14.6 Å². The lowest BCUT2D eigenvalue weighted by atomic mass is 9.77. The van der Waals surface area contributed by atoms with E-state index in [1.54, 1.807) is 11.4 Å². The molecule has 1 aromatic carbocycles. The summed E-state index contributed by atoms with van der Waals surface area (Å²) < 4.78 is 57.9. The van der Waals surface area contributed by atoms with Crippen LogP contribution in [0.3, 0.4) is 0 Å². The van der Waals surface area contributed by atoms with Crippen LogP contribution in [-0.2, 0) is 26.7 Å². The molecule has 3 atom stereocenters. The second-order valence-electron chi connectivity index (χ2n) is 8.72. The van der Waals surface area contributed by atoms with E-state index in [1.807, 2.05) is 12.1 Å². The van der Waals surface area contributed by atoms with Crippen molar-refractivity contribution in [1.29, 1.82) is 0 Å². The van der Waals surface area contributed by atoms with Gasteiger partial charge in [0.2, 0.25) is 10.0 Å². The van der Waals surface area contributed by atoms with Gasteiger partial charge in [-0.2, -0.15) is 12.7 Å². The summed E-state index contributed by atoms with van der Waals surface area (Å²) in [6.45, 7) is 2.42. The van der Waals surface area contributed by atoms with Crippen LogP contribution in [0.15, 0.2) is 18.2 Å². The number of benzene rings is 1. The first-order valence-corrected chi connectivity index (χ1v) is 14.0. The lowest BCUT2D eigenvalue weighted by molar-refractivity contribution is 0.0210. The van der Waals surface area contributed by atoms with Crippen molar-refractivity contribution in [3.8, 4) is 5.75 Å². The van der Waals surface area contributed by atoms with Gasteiger partial charge in [0.15, 0.2) is 0 Å². The number of rotatable bonds is 7. The molecule has 0 aliphatic carbocycles. The maximum absolute atomic E-state index is 13.2. The molecule has 31 heavy (non-hydrogen) atoms. The first-order chi connectivity index (χ1) is 14.7. The highest BCUT2D eigenvalue weighted by atomic mass is 32.2. The van der Waals surface area contributed by atoms with E-state index in [2.05, 4.69) is 15.7 Å². The van der Waals surface area contributed by atoms with Crippen molar-refractivity contribution in [2.75, 3.05) is 39.0 Å². The molecule has 0 unspecified atom stereocenters. The topological polar surface area (TPSA) is 122 Å². The van der Waals surface area contributed by atoms with Crippen molar-refractivity contribution < 1.29 is 21.6 Å². The van der Waals surface area contributed by atoms with Crippen LogP contribution in [0.5, 0.6) is 5.75 Å². The predicted octanol–water partition coefficient (Wildman–Crippen LogP) is 0.592. The third kappa shape index (κ3) is 4.91. The molecule has 11 heteroatoms. The van der Waals surface area contributed by atoms with Gasteiger partial charge < -0.3 is 4.74 Å². The van der Waals surface area contributed by atoms with Gasteiger partial charge in [0.1, 0.15) is 5.75 Å². The van der Waals surface area contributed by atoms with Gasteiger partial charge in [-0.25, -0.2) is 18.3 Å². The molecule has 174 valence electrons. The smallest absolute Gasteiger partial charge is 0.274 e. The monoisotopic (exact) mass is 472 g/mol. The standard InChI is InChI=1S/C20H32N4O5S2/c1-29-19-7-2-5-15-8-11-23-14-16-6-3-10-24(17(16)13-18(23)20(15)19)30(25,26)12-4-9-22-31(21,27)28/h2,5,7,16-18,22H,3-4,6,8-14H2,1H3,(H2,21,27,28)/t16-,17+,18+/m1/s1. The van der Waals surface area contributed by atoms with Crippen molar-refractivity contribution in [3.05, 3.63) is 29.3 Å². The number of sulfonamides is 1. The zero-order valence-electron chi connectivity index (χ0n) is 17.9. The van der Waals surface area contributed by atoms with Crippen LogP contribution in [0.2, 0.25) is 0 Å². The van der Waals surface area contributed by atoms with Crippen LogP contribution in [0.4, 0.5) is 0 Å². The number of hydrogen-bond donors (Lipinski definition) is 2. The molecule has 2 fully saturated rings. The lowest BCUT2D eigenvalue weighted by Gasteiger charge is -2.52. The number of piperidine rings is 2. The van der Waals surface area contributed by atoms with Crippen molar-refractivity contribution in [2.24, 2.45) is 11.1 Å². The molecule has 4 rings (SSSR count). The number of methoxy groups -OCH3 is 1. The number of nitrogens with zero attached hydrogens (tertiary/aromatic N) is 2. The van der Waals surface area contributed by atoms with E-state index < -0.39 is 20.2 Å². The third-order valence-corrected chi connectivity index (χ3v) is 9.44. The lowest BCUT2D eigenvalue weighted by Crippen LogP contribution is -2.57. The highest BCUT2D eigenvalue weighted by Gasteiger charge is 2.46. The average molecular weight is 473 g/mol. The maximum atomic E-state index is 13.2. The van der Waals surface area contributed by atoms with Crippen molar-refractivity contribution >= 4 is 20.2 Å². The minimum atomic E-state index is -3.81. The molecule has 0 aromatic heterocycles. The quantitative estimate of drug-likeness (QED) is 0.560. The Labute approximate surface area is 185 Å². The van der Waals surface area contributed by atoms with Crippen molar-refractivity contribution in [1.82, 2.24) is 13.9 Å². The molecule has 0 spiro atoms. The van der Waals surface area contributed by atoms with E-state index in [-0.39, 0.29) is 30.8 Å². The molecule has 2 saturated heterocycles. The summed E-state index contributed by atoms with van der Waals surface area (Å²) in [7, 11) is -5.62. The van der Waals surface area contributed by atoms with E-state index in [9.17, 15) is 16.8 Å². The Balaban J connectivity index is 1.53. The Bertz CT molecular complexity index is 1000. The average Bonchev–Trinajstić information content (AvgIpc) is 2.73. The van der Waals surface area contributed by atoms with Crippen LogP contribution in [0.25, 0.3) is 0 Å². The zero-order valence-corrected chi connectivity index (χ0v) is 19.5. The van der Waals surface area contributed by atoms with Gasteiger partial charge in [-0.3, -0.25) is 4.90 Å². The number of fused-ring (bicyclic) bond motifs is 4. The van der Waals surface area contributed by atoms with Crippen molar-refractivity contribution in [3.63, 3.8) is 0 Å². The molecular weight excluding hydrogens is 440 g/mol. The second-order valence-corrected chi connectivity index (χ2v) is 12.1. The molecule has 0 saturated carbocycles. The third-order valence-electron chi connectivity index (χ3n) is 6.86. The van der Waals surface area contributed by atoms with Gasteiger partial charge in [-0.1, -0.05) is 12.1 Å². The van der Waals surface area contributed by atoms with Crippen LogP contribution in [-0.4, -0.2) is 71.1 Å². The molecule has 3 aliphatic rings. The Morgan fingerprint density at radius 3 is 2.77 bits per heavy atom. The predicted molar refractivity (Wildman–Crippen MR) is 118 cm³/mol. The van der Waals surface area contributed by atoms with Crippen molar-refractivity contribution in [2.45, 2.75) is 44.2 Å². The molecule has 0 radical (unpaired) electrons. The first-order valence-electron chi connectivity index (χ1n) is 10.9. The Kier molecular flexibility index (Phi) is 6.62. The largest absolute Gasteiger partial charge is 0.496 e. The number of nitrogens with one attached hydrogen (secondary N) is 1. The van der Waals surface area contributed by atoms with E-state index in [0.29, 0.717) is 12.5 Å². The normalized spacial score (nSPS) is 27.2. The minimum Gasteiger partial charge on any atom is -0.496 e. The van der Waals surface area contributed by atoms with Crippen LogP contribution in [0, 0.1) is 5.92 Å². The van der Waals surface area contributed by atoms with Gasteiger partial charge in [-0.15, -0.1) is 0 Å². The van der Waals surface area contributed by atoms with E-state index in [0.717, 1.165) is 44.5 Å². The zero-order chi connectivity index (χ0) is 22.2. The molecular formula is C20H32N4O5S2. The van der Waals surface area contributed by atoms with Gasteiger partial charge >= 0.3 is 0 Å².